The van der Waals surface area contributed by atoms with Gasteiger partial charge in [0.25, 0.3) is 0 Å². The van der Waals surface area contributed by atoms with E-state index in [2.05, 4.69) is 4.74 Å². The second kappa shape index (κ2) is 4.10. The number of benzene rings is 1. The Hall–Kier alpha value is -1.23. The SMILES string of the molecule is COc1c(CO)cc(C)cc1C(F)(F)F. The van der Waals surface area contributed by atoms with Gasteiger partial charge in [0.15, 0.2) is 0 Å². The quantitative estimate of drug-likeness (QED) is 0.829. The van der Waals surface area contributed by atoms with Crippen LogP contribution in [0.1, 0.15) is 16.7 Å². The van der Waals surface area contributed by atoms with Crippen molar-refractivity contribution >= 4 is 0 Å². The van der Waals surface area contributed by atoms with E-state index >= 15 is 0 Å². The van der Waals surface area contributed by atoms with E-state index < -0.39 is 18.3 Å². The van der Waals surface area contributed by atoms with Crippen molar-refractivity contribution in [1.29, 1.82) is 0 Å². The largest absolute Gasteiger partial charge is 0.496 e. The summed E-state index contributed by atoms with van der Waals surface area (Å²) in [5, 5.41) is 8.92. The maximum absolute atomic E-state index is 12.6. The van der Waals surface area contributed by atoms with Crippen molar-refractivity contribution in [2.75, 3.05) is 7.11 Å². The molecule has 0 atom stereocenters. The molecule has 0 spiro atoms. The second-order valence-corrected chi connectivity index (χ2v) is 3.16. The summed E-state index contributed by atoms with van der Waals surface area (Å²) in [6.45, 7) is 1.06. The molecule has 1 aromatic rings. The molecule has 0 unspecified atom stereocenters. The van der Waals surface area contributed by atoms with Crippen LogP contribution in [0.2, 0.25) is 0 Å². The van der Waals surface area contributed by atoms with Crippen molar-refractivity contribution in [3.05, 3.63) is 28.8 Å². The number of hydrogen-bond acceptors (Lipinski definition) is 2. The first-order chi connectivity index (χ1) is 6.90. The van der Waals surface area contributed by atoms with E-state index in [1.54, 1.807) is 0 Å². The highest BCUT2D eigenvalue weighted by atomic mass is 19.4. The molecule has 0 aromatic heterocycles. The van der Waals surface area contributed by atoms with Gasteiger partial charge in [0.2, 0.25) is 0 Å². The van der Waals surface area contributed by atoms with Crippen molar-refractivity contribution in [1.82, 2.24) is 0 Å². The minimum atomic E-state index is -4.47. The van der Waals surface area contributed by atoms with Gasteiger partial charge in [-0.15, -0.1) is 0 Å². The van der Waals surface area contributed by atoms with Gasteiger partial charge in [0.05, 0.1) is 19.3 Å². The van der Waals surface area contributed by atoms with Crippen LogP contribution in [-0.2, 0) is 12.8 Å². The molecule has 84 valence electrons. The lowest BCUT2D eigenvalue weighted by Crippen LogP contribution is -2.10. The highest BCUT2D eigenvalue weighted by Crippen LogP contribution is 2.38. The van der Waals surface area contributed by atoms with Crippen molar-refractivity contribution in [3.63, 3.8) is 0 Å². The summed E-state index contributed by atoms with van der Waals surface area (Å²) in [6, 6.07) is 2.46. The minimum Gasteiger partial charge on any atom is -0.496 e. The molecule has 0 saturated carbocycles. The third-order valence-corrected chi connectivity index (χ3v) is 1.99. The molecule has 0 fully saturated rings. The molecule has 5 heteroatoms. The van der Waals surface area contributed by atoms with E-state index in [-0.39, 0.29) is 11.3 Å². The molecule has 0 bridgehead atoms. The average molecular weight is 220 g/mol. The number of alkyl halides is 3. The zero-order valence-electron chi connectivity index (χ0n) is 8.35. The predicted molar refractivity (Wildman–Crippen MR) is 48.7 cm³/mol. The number of aliphatic hydroxyl groups excluding tert-OH is 1. The van der Waals surface area contributed by atoms with E-state index in [4.69, 9.17) is 5.11 Å². The summed E-state index contributed by atoms with van der Waals surface area (Å²) >= 11 is 0. The maximum Gasteiger partial charge on any atom is 0.419 e. The summed E-state index contributed by atoms with van der Waals surface area (Å²) in [5.74, 6) is -0.310. The topological polar surface area (TPSA) is 29.5 Å². The first kappa shape index (κ1) is 11.8. The molecular weight excluding hydrogens is 209 g/mol. The van der Waals surface area contributed by atoms with E-state index in [1.807, 2.05) is 0 Å². The molecule has 1 aromatic carbocycles. The average Bonchev–Trinajstić information content (AvgIpc) is 2.15. The Morgan fingerprint density at radius 1 is 1.33 bits per heavy atom. The zero-order valence-corrected chi connectivity index (χ0v) is 8.35. The van der Waals surface area contributed by atoms with Gasteiger partial charge < -0.3 is 9.84 Å². The van der Waals surface area contributed by atoms with Crippen LogP contribution in [0.4, 0.5) is 13.2 Å². The lowest BCUT2D eigenvalue weighted by atomic mass is 10.0. The predicted octanol–water partition coefficient (Wildman–Crippen LogP) is 2.51. The van der Waals surface area contributed by atoms with Gasteiger partial charge in [-0.05, 0) is 18.6 Å². The Labute approximate surface area is 85.3 Å². The number of aliphatic hydroxyl groups is 1. The van der Waals surface area contributed by atoms with Crippen molar-refractivity contribution in [3.8, 4) is 5.75 Å². The number of aryl methyl sites for hydroxylation is 1. The van der Waals surface area contributed by atoms with Crippen LogP contribution < -0.4 is 4.74 Å². The third-order valence-electron chi connectivity index (χ3n) is 1.99. The van der Waals surface area contributed by atoms with Crippen molar-refractivity contribution in [2.45, 2.75) is 19.7 Å². The number of methoxy groups -OCH3 is 1. The van der Waals surface area contributed by atoms with Gasteiger partial charge in [-0.2, -0.15) is 13.2 Å². The Morgan fingerprint density at radius 3 is 2.33 bits per heavy atom. The van der Waals surface area contributed by atoms with Crippen LogP contribution in [-0.4, -0.2) is 12.2 Å². The van der Waals surface area contributed by atoms with Crippen LogP contribution in [0.15, 0.2) is 12.1 Å². The molecule has 0 aliphatic carbocycles. The molecular formula is C10H11F3O2. The number of rotatable bonds is 2. The fraction of sp³-hybridized carbons (Fsp3) is 0.400. The number of halogens is 3. The third kappa shape index (κ3) is 2.41. The standard InChI is InChI=1S/C10H11F3O2/c1-6-3-7(5-14)9(15-2)8(4-6)10(11,12)13/h3-4,14H,5H2,1-2H3. The normalized spacial score (nSPS) is 11.6. The Balaban J connectivity index is 3.42. The fourth-order valence-corrected chi connectivity index (χ4v) is 1.42. The van der Waals surface area contributed by atoms with Crippen LogP contribution in [0.3, 0.4) is 0 Å². The van der Waals surface area contributed by atoms with E-state index in [0.29, 0.717) is 5.56 Å². The molecule has 0 aliphatic heterocycles. The summed E-state index contributed by atoms with van der Waals surface area (Å²) in [6.07, 6.45) is -4.47. The lowest BCUT2D eigenvalue weighted by molar-refractivity contribution is -0.138. The highest BCUT2D eigenvalue weighted by molar-refractivity contribution is 5.45. The lowest BCUT2D eigenvalue weighted by Gasteiger charge is -2.15. The number of hydrogen-bond donors (Lipinski definition) is 1. The van der Waals surface area contributed by atoms with Gasteiger partial charge >= 0.3 is 6.18 Å². The monoisotopic (exact) mass is 220 g/mol. The van der Waals surface area contributed by atoms with Crippen LogP contribution in [0, 0.1) is 6.92 Å². The smallest absolute Gasteiger partial charge is 0.419 e. The molecule has 0 aliphatic rings. The molecule has 0 amide bonds. The van der Waals surface area contributed by atoms with Crippen LogP contribution in [0.5, 0.6) is 5.75 Å². The molecule has 0 heterocycles. The van der Waals surface area contributed by atoms with Gasteiger partial charge in [0, 0.05) is 5.56 Å². The first-order valence-corrected chi connectivity index (χ1v) is 4.25. The molecule has 1 rings (SSSR count). The molecule has 1 N–H and O–H groups in total. The summed E-state index contributed by atoms with van der Waals surface area (Å²) in [5.41, 5.74) is -0.272. The number of ether oxygens (including phenoxy) is 1. The van der Waals surface area contributed by atoms with E-state index in [1.165, 1.54) is 13.0 Å². The summed E-state index contributed by atoms with van der Waals surface area (Å²) in [7, 11) is 1.15. The Kier molecular flexibility index (Phi) is 3.24. The van der Waals surface area contributed by atoms with E-state index in [0.717, 1.165) is 13.2 Å². The molecule has 2 nitrogen and oxygen atoms in total. The Bertz CT molecular complexity index is 358. The van der Waals surface area contributed by atoms with Crippen molar-refractivity contribution < 1.29 is 23.0 Å². The van der Waals surface area contributed by atoms with Gasteiger partial charge in [-0.3, -0.25) is 0 Å². The fourth-order valence-electron chi connectivity index (χ4n) is 1.42. The molecule has 15 heavy (non-hydrogen) atoms. The molecule has 0 saturated heterocycles. The zero-order chi connectivity index (χ0) is 11.6. The maximum atomic E-state index is 12.6. The van der Waals surface area contributed by atoms with Gasteiger partial charge in [-0.25, -0.2) is 0 Å². The van der Waals surface area contributed by atoms with Gasteiger partial charge in [-0.1, -0.05) is 6.07 Å². The van der Waals surface area contributed by atoms with Crippen molar-refractivity contribution in [2.24, 2.45) is 0 Å². The Morgan fingerprint density at radius 2 is 1.93 bits per heavy atom. The second-order valence-electron chi connectivity index (χ2n) is 3.16. The van der Waals surface area contributed by atoms with Crippen LogP contribution in [0.25, 0.3) is 0 Å². The minimum absolute atomic E-state index is 0.143. The van der Waals surface area contributed by atoms with E-state index in [9.17, 15) is 13.2 Å². The highest BCUT2D eigenvalue weighted by Gasteiger charge is 2.35. The summed E-state index contributed by atoms with van der Waals surface area (Å²) < 4.78 is 42.4. The first-order valence-electron chi connectivity index (χ1n) is 4.25. The molecule has 0 radical (unpaired) electrons. The van der Waals surface area contributed by atoms with Crippen LogP contribution >= 0.6 is 0 Å². The van der Waals surface area contributed by atoms with Gasteiger partial charge in [0.1, 0.15) is 5.75 Å². The summed E-state index contributed by atoms with van der Waals surface area (Å²) in [4.78, 5) is 0.